The summed E-state index contributed by atoms with van der Waals surface area (Å²) in [7, 11) is 3.07. The second kappa shape index (κ2) is 10.3. The highest BCUT2D eigenvalue weighted by molar-refractivity contribution is 7.80. The fraction of sp³-hybridized carbons (Fsp3) is 0.105. The molecule has 146 valence electrons. The molecule has 2 aromatic carbocycles. The molecule has 3 N–H and O–H groups in total. The van der Waals surface area contributed by atoms with Crippen molar-refractivity contribution in [3.05, 3.63) is 64.7 Å². The van der Waals surface area contributed by atoms with Crippen LogP contribution in [0.1, 0.15) is 15.9 Å². The molecule has 0 aliphatic rings. The maximum Gasteiger partial charge on any atom is 0.271 e. The van der Waals surface area contributed by atoms with Crippen molar-refractivity contribution in [1.29, 1.82) is 0 Å². The molecule has 9 heteroatoms. The minimum atomic E-state index is -0.483. The fourth-order valence-corrected chi connectivity index (χ4v) is 2.51. The molecule has 0 aliphatic heterocycles. The Labute approximate surface area is 172 Å². The van der Waals surface area contributed by atoms with Crippen molar-refractivity contribution in [2.45, 2.75) is 0 Å². The van der Waals surface area contributed by atoms with Gasteiger partial charge in [-0.1, -0.05) is 29.8 Å². The van der Waals surface area contributed by atoms with Crippen LogP contribution in [0, 0.1) is 0 Å². The number of hydrogen-bond donors (Lipinski definition) is 3. The van der Waals surface area contributed by atoms with Crippen LogP contribution in [0.15, 0.2) is 48.5 Å². The van der Waals surface area contributed by atoms with Gasteiger partial charge in [-0.25, -0.2) is 0 Å². The van der Waals surface area contributed by atoms with Crippen molar-refractivity contribution < 1.29 is 19.1 Å². The van der Waals surface area contributed by atoms with Gasteiger partial charge in [0, 0.05) is 6.08 Å². The van der Waals surface area contributed by atoms with Crippen LogP contribution >= 0.6 is 23.8 Å². The predicted octanol–water partition coefficient (Wildman–Crippen LogP) is 2.71. The molecular weight excluding hydrogens is 402 g/mol. The molecule has 0 saturated heterocycles. The van der Waals surface area contributed by atoms with Gasteiger partial charge in [-0.15, -0.1) is 0 Å². The largest absolute Gasteiger partial charge is 0.493 e. The molecular formula is C19H18ClN3O4S. The highest BCUT2D eigenvalue weighted by Crippen LogP contribution is 2.27. The van der Waals surface area contributed by atoms with Gasteiger partial charge in [0.05, 0.1) is 24.8 Å². The zero-order chi connectivity index (χ0) is 20.5. The molecule has 0 aliphatic carbocycles. The summed E-state index contributed by atoms with van der Waals surface area (Å²) in [5.74, 6) is 0.176. The van der Waals surface area contributed by atoms with Gasteiger partial charge in [0.15, 0.2) is 16.6 Å². The fourth-order valence-electron chi connectivity index (χ4n) is 2.14. The summed E-state index contributed by atoms with van der Waals surface area (Å²) in [4.78, 5) is 24.0. The Morgan fingerprint density at radius 1 is 1.04 bits per heavy atom. The van der Waals surface area contributed by atoms with Crippen LogP contribution in [0.3, 0.4) is 0 Å². The first kappa shape index (κ1) is 21.2. The Kier molecular flexibility index (Phi) is 7.79. The average molecular weight is 420 g/mol. The van der Waals surface area contributed by atoms with Crippen LogP contribution in [-0.2, 0) is 4.79 Å². The molecule has 7 nitrogen and oxygen atoms in total. The number of hydrogen-bond acceptors (Lipinski definition) is 5. The van der Waals surface area contributed by atoms with Crippen molar-refractivity contribution in [3.8, 4) is 11.5 Å². The summed E-state index contributed by atoms with van der Waals surface area (Å²) in [5, 5.41) is 2.65. The highest BCUT2D eigenvalue weighted by atomic mass is 35.5. The Morgan fingerprint density at radius 2 is 1.75 bits per heavy atom. The van der Waals surface area contributed by atoms with Gasteiger partial charge in [0.2, 0.25) is 5.91 Å². The van der Waals surface area contributed by atoms with Gasteiger partial charge in [-0.2, -0.15) is 0 Å². The van der Waals surface area contributed by atoms with E-state index in [0.29, 0.717) is 16.5 Å². The van der Waals surface area contributed by atoms with Gasteiger partial charge in [-0.3, -0.25) is 25.8 Å². The Balaban J connectivity index is 1.87. The van der Waals surface area contributed by atoms with E-state index in [1.165, 1.54) is 13.2 Å². The number of benzene rings is 2. The number of rotatable bonds is 5. The van der Waals surface area contributed by atoms with Crippen molar-refractivity contribution >= 4 is 46.8 Å². The topological polar surface area (TPSA) is 88.7 Å². The molecule has 0 fully saturated rings. The second-order valence-electron chi connectivity index (χ2n) is 5.33. The van der Waals surface area contributed by atoms with E-state index in [2.05, 4.69) is 16.2 Å². The first-order valence-electron chi connectivity index (χ1n) is 8.00. The lowest BCUT2D eigenvalue weighted by atomic mass is 10.2. The summed E-state index contributed by atoms with van der Waals surface area (Å²) in [5.41, 5.74) is 5.82. The summed E-state index contributed by atoms with van der Waals surface area (Å²) >= 11 is 10.9. The predicted molar refractivity (Wildman–Crippen MR) is 111 cm³/mol. The van der Waals surface area contributed by atoms with E-state index >= 15 is 0 Å². The van der Waals surface area contributed by atoms with Crippen LogP contribution in [0.2, 0.25) is 5.02 Å². The third-order valence-corrected chi connectivity index (χ3v) is 4.01. The lowest BCUT2D eigenvalue weighted by molar-refractivity contribution is -0.115. The lowest BCUT2D eigenvalue weighted by Crippen LogP contribution is -2.48. The van der Waals surface area contributed by atoms with Crippen molar-refractivity contribution in [3.63, 3.8) is 0 Å². The van der Waals surface area contributed by atoms with Gasteiger partial charge in [0.1, 0.15) is 0 Å². The number of carbonyl (C=O) groups excluding carboxylic acids is 2. The molecule has 0 saturated carbocycles. The minimum absolute atomic E-state index is 0.0673. The molecule has 0 spiro atoms. The van der Waals surface area contributed by atoms with Crippen molar-refractivity contribution in [2.75, 3.05) is 14.2 Å². The van der Waals surface area contributed by atoms with Gasteiger partial charge < -0.3 is 9.47 Å². The average Bonchev–Trinajstić information content (AvgIpc) is 2.70. The first-order chi connectivity index (χ1) is 13.4. The van der Waals surface area contributed by atoms with Crippen LogP contribution in [0.5, 0.6) is 11.5 Å². The normalized spacial score (nSPS) is 10.2. The second-order valence-corrected chi connectivity index (χ2v) is 6.14. The zero-order valence-electron chi connectivity index (χ0n) is 15.1. The Hall–Kier alpha value is -3.10. The number of thiocarbonyl (C=S) groups is 1. The molecule has 2 rings (SSSR count). The van der Waals surface area contributed by atoms with Gasteiger partial charge in [0.25, 0.3) is 5.91 Å². The summed E-state index contributed by atoms with van der Waals surface area (Å²) < 4.78 is 10.4. The molecule has 0 atom stereocenters. The molecule has 0 unspecified atom stereocenters. The number of carbonyl (C=O) groups is 2. The van der Waals surface area contributed by atoms with E-state index in [0.717, 1.165) is 5.56 Å². The monoisotopic (exact) mass is 419 g/mol. The summed E-state index contributed by atoms with van der Waals surface area (Å²) in [6, 6.07) is 11.8. The number of methoxy groups -OCH3 is 2. The first-order valence-corrected chi connectivity index (χ1v) is 8.79. The standard InChI is InChI=1S/C19H18ClN3O4S/c1-26-15-9-7-12(11-16(15)27-2)8-10-17(24)21-19(28)23-22-18(25)13-5-3-4-6-14(13)20/h3-11H,1-2H3,(H,22,25)(H2,21,23,24,28)/b10-8+. The lowest BCUT2D eigenvalue weighted by Gasteiger charge is -2.10. The SMILES string of the molecule is COc1ccc(/C=C/C(=O)NC(=S)NNC(=O)c2ccccc2Cl)cc1OC. The molecule has 0 aromatic heterocycles. The van der Waals surface area contributed by atoms with Crippen molar-refractivity contribution in [1.82, 2.24) is 16.2 Å². The smallest absolute Gasteiger partial charge is 0.271 e. The quantitative estimate of drug-likeness (QED) is 0.392. The van der Waals surface area contributed by atoms with Gasteiger partial charge in [-0.05, 0) is 48.1 Å². The van der Waals surface area contributed by atoms with Crippen molar-refractivity contribution in [2.24, 2.45) is 0 Å². The minimum Gasteiger partial charge on any atom is -0.493 e. The summed E-state index contributed by atoms with van der Waals surface area (Å²) in [6.45, 7) is 0. The Bertz CT molecular complexity index is 918. The number of nitrogens with one attached hydrogen (secondary N) is 3. The third kappa shape index (κ3) is 5.97. The molecule has 0 heterocycles. The maximum absolute atomic E-state index is 12.0. The Morgan fingerprint density at radius 3 is 2.43 bits per heavy atom. The van der Waals surface area contributed by atoms with E-state index in [-0.39, 0.29) is 10.7 Å². The van der Waals surface area contributed by atoms with Crippen LogP contribution in [0.25, 0.3) is 6.08 Å². The number of amides is 2. The van der Waals surface area contributed by atoms with E-state index in [4.69, 9.17) is 33.3 Å². The maximum atomic E-state index is 12.0. The molecule has 0 bridgehead atoms. The van der Waals surface area contributed by atoms with Crippen LogP contribution in [-0.4, -0.2) is 31.1 Å². The van der Waals surface area contributed by atoms with E-state index < -0.39 is 11.8 Å². The van der Waals surface area contributed by atoms with Crippen LogP contribution in [0.4, 0.5) is 0 Å². The number of hydrazine groups is 1. The van der Waals surface area contributed by atoms with Crippen LogP contribution < -0.4 is 25.6 Å². The highest BCUT2D eigenvalue weighted by Gasteiger charge is 2.10. The number of halogens is 1. The van der Waals surface area contributed by atoms with E-state index in [1.807, 2.05) is 0 Å². The molecule has 2 amide bonds. The third-order valence-electron chi connectivity index (χ3n) is 3.48. The van der Waals surface area contributed by atoms with E-state index in [1.54, 1.807) is 55.7 Å². The van der Waals surface area contributed by atoms with Gasteiger partial charge >= 0.3 is 0 Å². The number of ether oxygens (including phenoxy) is 2. The molecule has 0 radical (unpaired) electrons. The summed E-state index contributed by atoms with van der Waals surface area (Å²) in [6.07, 6.45) is 2.88. The molecule has 28 heavy (non-hydrogen) atoms. The molecule has 2 aromatic rings. The van der Waals surface area contributed by atoms with E-state index in [9.17, 15) is 9.59 Å². The zero-order valence-corrected chi connectivity index (χ0v) is 16.7.